The Kier molecular flexibility index (Phi) is 12.2. The molecule has 1 N–H and O–H groups in total. The summed E-state index contributed by atoms with van der Waals surface area (Å²) in [7, 11) is -4.37. The molecule has 1 saturated carbocycles. The van der Waals surface area contributed by atoms with Gasteiger partial charge in [0.25, 0.3) is 10.1 Å². The van der Waals surface area contributed by atoms with Gasteiger partial charge in [0.1, 0.15) is 36.6 Å². The molecule has 260 valence electrons. The molecule has 1 aliphatic carbocycles. The molecule has 0 aromatic heterocycles. The van der Waals surface area contributed by atoms with E-state index < -0.39 is 46.7 Å². The fourth-order valence-corrected chi connectivity index (χ4v) is 7.08. The molecule has 9 heteroatoms. The van der Waals surface area contributed by atoms with Gasteiger partial charge in [-0.15, -0.1) is 0 Å². The summed E-state index contributed by atoms with van der Waals surface area (Å²) in [4.78, 5) is -0.0388. The van der Waals surface area contributed by atoms with Crippen molar-refractivity contribution in [2.75, 3.05) is 0 Å². The molecule has 1 fully saturated rings. The minimum atomic E-state index is -4.37. The van der Waals surface area contributed by atoms with Crippen molar-refractivity contribution in [3.05, 3.63) is 173 Å². The second-order valence-electron chi connectivity index (χ2n) is 12.4. The normalized spacial score (nSPS) is 22.3. The summed E-state index contributed by atoms with van der Waals surface area (Å²) in [6.07, 6.45) is -6.87. The van der Waals surface area contributed by atoms with Crippen molar-refractivity contribution in [1.82, 2.24) is 0 Å². The summed E-state index contributed by atoms with van der Waals surface area (Å²) < 4.78 is 59.9. The van der Waals surface area contributed by atoms with E-state index in [1.807, 2.05) is 128 Å². The Bertz CT molecular complexity index is 1840. The largest absolute Gasteiger partial charge is 0.387 e. The lowest BCUT2D eigenvalue weighted by molar-refractivity contribution is -0.268. The number of ether oxygens (including phenoxy) is 4. The molecule has 50 heavy (non-hydrogen) atoms. The maximum atomic E-state index is 13.8. The highest BCUT2D eigenvalue weighted by Gasteiger charge is 2.55. The van der Waals surface area contributed by atoms with Gasteiger partial charge in [-0.25, -0.2) is 0 Å². The van der Waals surface area contributed by atoms with E-state index >= 15 is 0 Å². The summed E-state index contributed by atoms with van der Waals surface area (Å²) in [6.45, 7) is 2.46. The predicted molar refractivity (Wildman–Crippen MR) is 189 cm³/mol. The molecule has 0 aliphatic heterocycles. The zero-order chi connectivity index (χ0) is 34.8. The van der Waals surface area contributed by atoms with Crippen molar-refractivity contribution in [1.29, 1.82) is 0 Å². The van der Waals surface area contributed by atoms with Crippen molar-refractivity contribution in [3.8, 4) is 0 Å². The Morgan fingerprint density at radius 2 is 0.780 bits per heavy atom. The van der Waals surface area contributed by atoms with Crippen LogP contribution in [0.5, 0.6) is 0 Å². The lowest BCUT2D eigenvalue weighted by atomic mass is 9.84. The minimum absolute atomic E-state index is 0.0388. The summed E-state index contributed by atoms with van der Waals surface area (Å²) in [5, 5.41) is 12.2. The van der Waals surface area contributed by atoms with E-state index in [2.05, 4.69) is 0 Å². The number of aliphatic hydroxyl groups excluding tert-OH is 1. The molecular formula is C41H42O8S. The van der Waals surface area contributed by atoms with Gasteiger partial charge in [0, 0.05) is 0 Å². The Morgan fingerprint density at radius 3 is 1.16 bits per heavy atom. The van der Waals surface area contributed by atoms with E-state index in [4.69, 9.17) is 23.1 Å². The fraction of sp³-hybridized carbons (Fsp3) is 0.268. The van der Waals surface area contributed by atoms with Crippen LogP contribution in [0.15, 0.2) is 150 Å². The fourth-order valence-electron chi connectivity index (χ4n) is 5.98. The Labute approximate surface area is 294 Å². The number of rotatable bonds is 15. The highest BCUT2D eigenvalue weighted by molar-refractivity contribution is 7.86. The second-order valence-corrected chi connectivity index (χ2v) is 13.9. The van der Waals surface area contributed by atoms with Crippen LogP contribution in [0.2, 0.25) is 0 Å². The number of aliphatic hydroxyl groups is 1. The third kappa shape index (κ3) is 9.32. The van der Waals surface area contributed by atoms with Gasteiger partial charge in [0.2, 0.25) is 0 Å². The molecule has 0 unspecified atom stereocenters. The molecule has 6 atom stereocenters. The van der Waals surface area contributed by atoms with E-state index in [1.54, 1.807) is 12.1 Å². The smallest absolute Gasteiger partial charge is 0.297 e. The minimum Gasteiger partial charge on any atom is -0.387 e. The number of aryl methyl sites for hydroxylation is 1. The lowest BCUT2D eigenvalue weighted by Gasteiger charge is -2.48. The monoisotopic (exact) mass is 694 g/mol. The van der Waals surface area contributed by atoms with Gasteiger partial charge in [0.15, 0.2) is 0 Å². The van der Waals surface area contributed by atoms with Crippen molar-refractivity contribution in [2.45, 2.75) is 74.9 Å². The summed E-state index contributed by atoms with van der Waals surface area (Å²) in [6, 6.07) is 44.7. The van der Waals surface area contributed by atoms with Crippen LogP contribution in [0, 0.1) is 6.92 Å². The van der Waals surface area contributed by atoms with E-state index in [9.17, 15) is 13.5 Å². The number of hydrogen-bond acceptors (Lipinski definition) is 8. The molecule has 1 aliphatic rings. The van der Waals surface area contributed by atoms with E-state index in [-0.39, 0.29) is 31.3 Å². The van der Waals surface area contributed by atoms with Crippen molar-refractivity contribution in [2.24, 2.45) is 0 Å². The maximum Gasteiger partial charge on any atom is 0.297 e. The van der Waals surface area contributed by atoms with E-state index in [0.717, 1.165) is 27.8 Å². The first-order valence-electron chi connectivity index (χ1n) is 16.7. The molecule has 6 rings (SSSR count). The molecular weight excluding hydrogens is 653 g/mol. The molecule has 0 heterocycles. The first-order valence-corrected chi connectivity index (χ1v) is 18.1. The van der Waals surface area contributed by atoms with Crippen LogP contribution in [-0.4, -0.2) is 50.1 Å². The zero-order valence-corrected chi connectivity index (χ0v) is 28.7. The highest BCUT2D eigenvalue weighted by Crippen LogP contribution is 2.36. The van der Waals surface area contributed by atoms with E-state index in [0.29, 0.717) is 0 Å². The van der Waals surface area contributed by atoms with Gasteiger partial charge < -0.3 is 24.1 Å². The van der Waals surface area contributed by atoms with Crippen LogP contribution in [-0.2, 0) is 59.7 Å². The molecule has 0 bridgehead atoms. The van der Waals surface area contributed by atoms with Gasteiger partial charge in [-0.1, -0.05) is 139 Å². The third-order valence-electron chi connectivity index (χ3n) is 8.66. The van der Waals surface area contributed by atoms with Crippen LogP contribution < -0.4 is 0 Å². The molecule has 5 aromatic rings. The van der Waals surface area contributed by atoms with Crippen LogP contribution in [0.1, 0.15) is 27.8 Å². The molecule has 8 nitrogen and oxygen atoms in total. The highest BCUT2D eigenvalue weighted by atomic mass is 32.2. The quantitative estimate of drug-likeness (QED) is 0.120. The Hall–Kier alpha value is -4.19. The molecule has 0 amide bonds. The van der Waals surface area contributed by atoms with Gasteiger partial charge >= 0.3 is 0 Å². The predicted octanol–water partition coefficient (Wildman–Crippen LogP) is 6.79. The first kappa shape index (κ1) is 35.6. The van der Waals surface area contributed by atoms with Gasteiger partial charge in [-0.3, -0.25) is 4.18 Å². The van der Waals surface area contributed by atoms with Gasteiger partial charge in [0.05, 0.1) is 31.3 Å². The molecule has 0 radical (unpaired) electrons. The molecule has 0 spiro atoms. The first-order chi connectivity index (χ1) is 24.4. The number of hydrogen-bond donors (Lipinski definition) is 1. The van der Waals surface area contributed by atoms with Gasteiger partial charge in [-0.05, 0) is 41.3 Å². The second kappa shape index (κ2) is 17.2. The molecule has 0 saturated heterocycles. The Balaban J connectivity index is 1.40. The van der Waals surface area contributed by atoms with Crippen molar-refractivity contribution in [3.63, 3.8) is 0 Å². The Morgan fingerprint density at radius 1 is 0.460 bits per heavy atom. The van der Waals surface area contributed by atoms with E-state index in [1.165, 1.54) is 12.1 Å². The van der Waals surface area contributed by atoms with Crippen LogP contribution in [0.25, 0.3) is 0 Å². The van der Waals surface area contributed by atoms with Crippen molar-refractivity contribution < 1.29 is 36.7 Å². The summed E-state index contributed by atoms with van der Waals surface area (Å²) in [5.41, 5.74) is 4.43. The van der Waals surface area contributed by atoms with Crippen LogP contribution in [0.4, 0.5) is 0 Å². The number of benzene rings is 5. The summed E-state index contributed by atoms with van der Waals surface area (Å²) in [5.74, 6) is 0. The van der Waals surface area contributed by atoms with Crippen LogP contribution >= 0.6 is 0 Å². The zero-order valence-electron chi connectivity index (χ0n) is 27.9. The maximum absolute atomic E-state index is 13.8. The molecule has 5 aromatic carbocycles. The SMILES string of the molecule is Cc1ccc(S(=O)(=O)O[C@H]2[C@@H](O)[C@@H](OCc3ccccc3)[C@H](OCc3ccccc3)[C@@H](OCc3ccccc3)[C@@H]2OCc2ccccc2)cc1. The lowest BCUT2D eigenvalue weighted by Crippen LogP contribution is -2.67. The van der Waals surface area contributed by atoms with Crippen LogP contribution in [0.3, 0.4) is 0 Å². The summed E-state index contributed by atoms with van der Waals surface area (Å²) >= 11 is 0. The average molecular weight is 695 g/mol. The topological polar surface area (TPSA) is 101 Å². The third-order valence-corrected chi connectivity index (χ3v) is 9.98. The van der Waals surface area contributed by atoms with Crippen molar-refractivity contribution >= 4 is 10.1 Å². The standard InChI is InChI=1S/C41H42O8S/c1-30-22-24-35(25-23-30)50(43,44)49-38-36(42)37(45-26-31-14-6-2-7-15-31)39(46-27-32-16-8-3-9-17-32)41(48-29-34-20-12-5-13-21-34)40(38)47-28-33-18-10-4-11-19-33/h2-25,36-42H,26-29H2,1H3/t36-,37+,38-,39-,40+,41+/m0/s1. The van der Waals surface area contributed by atoms with Gasteiger partial charge in [-0.2, -0.15) is 8.42 Å². The average Bonchev–Trinajstić information content (AvgIpc) is 3.15.